The van der Waals surface area contributed by atoms with Crippen molar-refractivity contribution in [1.29, 1.82) is 0 Å². The largest absolute Gasteiger partial charge is 0.497 e. The normalized spacial score (nSPS) is 14.2. The number of nitrogens with one attached hydrogen (secondary N) is 1. The smallest absolute Gasteiger partial charge is 0.119 e. The second-order valence-electron chi connectivity index (χ2n) is 5.43. The Bertz CT molecular complexity index is 575. The molecule has 0 radical (unpaired) electrons. The van der Waals surface area contributed by atoms with E-state index in [4.69, 9.17) is 4.74 Å². The Morgan fingerprint density at radius 3 is 2.70 bits per heavy atom. The van der Waals surface area contributed by atoms with Crippen LogP contribution >= 0.6 is 0 Å². The second-order valence-corrected chi connectivity index (χ2v) is 5.43. The highest BCUT2D eigenvalue weighted by Gasteiger charge is 2.25. The van der Waals surface area contributed by atoms with Gasteiger partial charge in [-0.25, -0.2) is 0 Å². The van der Waals surface area contributed by atoms with Gasteiger partial charge in [-0.15, -0.1) is 0 Å². The van der Waals surface area contributed by atoms with Crippen molar-refractivity contribution < 1.29 is 4.74 Å². The lowest BCUT2D eigenvalue weighted by Gasteiger charge is -2.10. The van der Waals surface area contributed by atoms with E-state index in [2.05, 4.69) is 41.7 Å². The van der Waals surface area contributed by atoms with Crippen LogP contribution < -0.4 is 10.1 Å². The zero-order chi connectivity index (χ0) is 13.8. The van der Waals surface area contributed by atoms with Crippen LogP contribution in [0.15, 0.2) is 48.5 Å². The summed E-state index contributed by atoms with van der Waals surface area (Å²) in [4.78, 5) is 0. The van der Waals surface area contributed by atoms with Gasteiger partial charge in [0.1, 0.15) is 5.75 Å². The average molecular weight is 267 g/mol. The summed E-state index contributed by atoms with van der Waals surface area (Å²) in [5.41, 5.74) is 4.23. The first-order chi connectivity index (χ1) is 9.86. The van der Waals surface area contributed by atoms with Crippen molar-refractivity contribution in [3.63, 3.8) is 0 Å². The second kappa shape index (κ2) is 6.10. The predicted octanol–water partition coefficient (Wildman–Crippen LogP) is 3.86. The van der Waals surface area contributed by atoms with Crippen LogP contribution in [0.25, 0.3) is 0 Å². The van der Waals surface area contributed by atoms with E-state index in [1.807, 2.05) is 12.1 Å². The van der Waals surface area contributed by atoms with Crippen molar-refractivity contribution in [3.05, 3.63) is 65.2 Å². The Morgan fingerprint density at radius 2 is 1.90 bits per heavy atom. The monoisotopic (exact) mass is 267 g/mol. The van der Waals surface area contributed by atoms with Gasteiger partial charge in [0.05, 0.1) is 7.11 Å². The highest BCUT2D eigenvalue weighted by molar-refractivity contribution is 5.33. The molecule has 3 rings (SSSR count). The van der Waals surface area contributed by atoms with E-state index in [1.54, 1.807) is 7.11 Å². The Balaban J connectivity index is 1.59. The summed E-state index contributed by atoms with van der Waals surface area (Å²) in [6.45, 7) is 1.81. The number of hydrogen-bond donors (Lipinski definition) is 1. The van der Waals surface area contributed by atoms with E-state index in [0.29, 0.717) is 0 Å². The van der Waals surface area contributed by atoms with Gasteiger partial charge in [-0.3, -0.25) is 0 Å². The minimum absolute atomic E-state index is 0.810. The zero-order valence-electron chi connectivity index (χ0n) is 11.9. The summed E-state index contributed by atoms with van der Waals surface area (Å²) >= 11 is 0. The fraction of sp³-hybridized carbons (Fsp3) is 0.333. The molecule has 20 heavy (non-hydrogen) atoms. The van der Waals surface area contributed by atoms with Crippen molar-refractivity contribution >= 4 is 0 Å². The molecule has 0 atom stereocenters. The van der Waals surface area contributed by atoms with E-state index >= 15 is 0 Å². The van der Waals surface area contributed by atoms with Crippen LogP contribution in [0.4, 0.5) is 0 Å². The molecular formula is C18H21NO. The molecule has 1 aliphatic rings. The first-order valence-electron chi connectivity index (χ1n) is 7.28. The maximum atomic E-state index is 5.25. The van der Waals surface area contributed by atoms with Crippen molar-refractivity contribution in [2.75, 3.05) is 7.11 Å². The fourth-order valence-corrected chi connectivity index (χ4v) is 2.61. The molecule has 1 aliphatic carbocycles. The molecule has 1 N–H and O–H groups in total. The maximum Gasteiger partial charge on any atom is 0.119 e. The highest BCUT2D eigenvalue weighted by Crippen LogP contribution is 2.41. The van der Waals surface area contributed by atoms with Crippen LogP contribution in [0.2, 0.25) is 0 Å². The molecule has 0 unspecified atom stereocenters. The summed E-state index contributed by atoms with van der Waals surface area (Å²) in [7, 11) is 1.71. The molecule has 2 aromatic rings. The Kier molecular flexibility index (Phi) is 4.03. The van der Waals surface area contributed by atoms with E-state index in [0.717, 1.165) is 24.8 Å². The van der Waals surface area contributed by atoms with Crippen LogP contribution in [0, 0.1) is 0 Å². The zero-order valence-corrected chi connectivity index (χ0v) is 11.9. The van der Waals surface area contributed by atoms with E-state index in [1.165, 1.54) is 29.5 Å². The third kappa shape index (κ3) is 3.20. The first kappa shape index (κ1) is 13.2. The molecule has 0 bridgehead atoms. The summed E-state index contributed by atoms with van der Waals surface area (Å²) < 4.78 is 5.25. The van der Waals surface area contributed by atoms with Crippen LogP contribution in [0.5, 0.6) is 5.75 Å². The first-order valence-corrected chi connectivity index (χ1v) is 7.28. The van der Waals surface area contributed by atoms with E-state index < -0.39 is 0 Å². The third-order valence-electron chi connectivity index (χ3n) is 3.85. The van der Waals surface area contributed by atoms with Gasteiger partial charge in [-0.05, 0) is 47.6 Å². The number of methoxy groups -OCH3 is 1. The van der Waals surface area contributed by atoms with E-state index in [9.17, 15) is 0 Å². The molecule has 0 aliphatic heterocycles. The van der Waals surface area contributed by atoms with Gasteiger partial charge in [0.2, 0.25) is 0 Å². The van der Waals surface area contributed by atoms with Gasteiger partial charge < -0.3 is 10.1 Å². The number of benzene rings is 2. The fourth-order valence-electron chi connectivity index (χ4n) is 2.61. The molecule has 0 spiro atoms. The predicted molar refractivity (Wildman–Crippen MR) is 82.0 cm³/mol. The van der Waals surface area contributed by atoms with Gasteiger partial charge in [-0.2, -0.15) is 0 Å². The lowest BCUT2D eigenvalue weighted by atomic mass is 10.0. The lowest BCUT2D eigenvalue weighted by molar-refractivity contribution is 0.414. The molecular weight excluding hydrogens is 246 g/mol. The molecule has 104 valence electrons. The highest BCUT2D eigenvalue weighted by atomic mass is 16.5. The van der Waals surface area contributed by atoms with Gasteiger partial charge in [-0.1, -0.05) is 36.4 Å². The van der Waals surface area contributed by atoms with Crippen LogP contribution in [0.1, 0.15) is 35.4 Å². The van der Waals surface area contributed by atoms with Gasteiger partial charge in [0, 0.05) is 13.1 Å². The van der Waals surface area contributed by atoms with Crippen LogP contribution in [-0.2, 0) is 13.1 Å². The topological polar surface area (TPSA) is 21.3 Å². The minimum Gasteiger partial charge on any atom is -0.497 e. The lowest BCUT2D eigenvalue weighted by Crippen LogP contribution is -2.13. The molecule has 2 heteroatoms. The molecule has 0 aromatic heterocycles. The number of rotatable bonds is 6. The summed E-state index contributed by atoms with van der Waals surface area (Å²) in [5, 5.41) is 3.54. The maximum absolute atomic E-state index is 5.25. The molecule has 1 saturated carbocycles. The number of hydrogen-bond acceptors (Lipinski definition) is 2. The standard InChI is InChI=1S/C18H21NO/c1-20-17-7-4-5-14(11-17)12-19-13-16-6-2-3-8-18(16)15-9-10-15/h2-8,11,15,19H,9-10,12-13H2,1H3. The quantitative estimate of drug-likeness (QED) is 0.858. The minimum atomic E-state index is 0.810. The van der Waals surface area contributed by atoms with Gasteiger partial charge in [0.15, 0.2) is 0 Å². The molecule has 1 fully saturated rings. The Labute approximate surface area is 120 Å². The van der Waals surface area contributed by atoms with Crippen molar-refractivity contribution in [2.45, 2.75) is 31.8 Å². The number of ether oxygens (including phenoxy) is 1. The molecule has 2 aromatic carbocycles. The van der Waals surface area contributed by atoms with Gasteiger partial charge >= 0.3 is 0 Å². The average Bonchev–Trinajstić information content (AvgIpc) is 3.33. The molecule has 0 amide bonds. The van der Waals surface area contributed by atoms with Gasteiger partial charge in [0.25, 0.3) is 0 Å². The van der Waals surface area contributed by atoms with Crippen LogP contribution in [0.3, 0.4) is 0 Å². The SMILES string of the molecule is COc1cccc(CNCc2ccccc2C2CC2)c1. The summed E-state index contributed by atoms with van der Waals surface area (Å²) in [5.74, 6) is 1.73. The molecule has 0 saturated heterocycles. The van der Waals surface area contributed by atoms with Crippen molar-refractivity contribution in [1.82, 2.24) is 5.32 Å². The van der Waals surface area contributed by atoms with Crippen molar-refractivity contribution in [3.8, 4) is 5.75 Å². The Hall–Kier alpha value is -1.80. The third-order valence-corrected chi connectivity index (χ3v) is 3.85. The van der Waals surface area contributed by atoms with Crippen molar-refractivity contribution in [2.24, 2.45) is 0 Å². The Morgan fingerprint density at radius 1 is 1.05 bits per heavy atom. The summed E-state index contributed by atoms with van der Waals surface area (Å²) in [6, 6.07) is 17.0. The van der Waals surface area contributed by atoms with E-state index in [-0.39, 0.29) is 0 Å². The van der Waals surface area contributed by atoms with Crippen LogP contribution in [-0.4, -0.2) is 7.11 Å². The molecule has 2 nitrogen and oxygen atoms in total. The molecule has 0 heterocycles. The summed E-state index contributed by atoms with van der Waals surface area (Å²) in [6.07, 6.45) is 2.71.